The van der Waals surface area contributed by atoms with E-state index in [1.54, 1.807) is 0 Å². The Kier molecular flexibility index (Phi) is 6.66. The van der Waals surface area contributed by atoms with Crippen LogP contribution < -0.4 is 10.1 Å². The fraction of sp³-hybridized carbons (Fsp3) is 0.364. The maximum Gasteiger partial charge on any atom is 0.342 e. The molecule has 0 bridgehead atoms. The van der Waals surface area contributed by atoms with Crippen LogP contribution in [0.15, 0.2) is 36.4 Å². The molecular weight excluding hydrogens is 388 g/mol. The number of rotatable bonds is 7. The number of aryl methyl sites for hydroxylation is 2. The minimum absolute atomic E-state index is 0.109. The maximum atomic E-state index is 12.3. The van der Waals surface area contributed by atoms with Crippen molar-refractivity contribution < 1.29 is 24.0 Å². The number of hydrogen-bond donors (Lipinski definition) is 1. The third kappa shape index (κ3) is 4.94. The highest BCUT2D eigenvalue weighted by atomic mass is 16.6. The highest BCUT2D eigenvalue weighted by Gasteiger charge is 2.20. The van der Waals surface area contributed by atoms with E-state index >= 15 is 0 Å². The summed E-state index contributed by atoms with van der Waals surface area (Å²) in [7, 11) is 1.34. The summed E-state index contributed by atoms with van der Waals surface area (Å²) in [5, 5.41) is 13.7. The van der Waals surface area contributed by atoms with Crippen LogP contribution in [0.3, 0.4) is 0 Å². The molecule has 2 aromatic carbocycles. The maximum absolute atomic E-state index is 12.3. The van der Waals surface area contributed by atoms with Crippen molar-refractivity contribution in [1.82, 2.24) is 5.32 Å². The van der Waals surface area contributed by atoms with Gasteiger partial charge in [-0.3, -0.25) is 14.9 Å². The third-order valence-corrected chi connectivity index (χ3v) is 5.20. The van der Waals surface area contributed by atoms with Crippen molar-refractivity contribution in [3.05, 3.63) is 68.8 Å². The quantitative estimate of drug-likeness (QED) is 0.424. The molecule has 8 nitrogen and oxygen atoms in total. The molecule has 1 aliphatic rings. The van der Waals surface area contributed by atoms with E-state index in [0.717, 1.165) is 24.5 Å². The first-order chi connectivity index (χ1) is 14.4. The monoisotopic (exact) mass is 412 g/mol. The zero-order chi connectivity index (χ0) is 21.7. The van der Waals surface area contributed by atoms with Gasteiger partial charge in [0, 0.05) is 12.1 Å². The van der Waals surface area contributed by atoms with Gasteiger partial charge in [-0.1, -0.05) is 18.2 Å². The number of nitro groups is 1. The summed E-state index contributed by atoms with van der Waals surface area (Å²) in [4.78, 5) is 34.9. The molecule has 1 aliphatic carbocycles. The van der Waals surface area contributed by atoms with Crippen LogP contribution in [0.5, 0.6) is 5.75 Å². The van der Waals surface area contributed by atoms with Gasteiger partial charge in [0.15, 0.2) is 6.61 Å². The van der Waals surface area contributed by atoms with E-state index in [1.807, 2.05) is 13.0 Å². The number of fused-ring (bicyclic) bond motifs is 1. The van der Waals surface area contributed by atoms with Gasteiger partial charge in [-0.15, -0.1) is 0 Å². The summed E-state index contributed by atoms with van der Waals surface area (Å²) in [5.41, 5.74) is 3.30. The third-order valence-electron chi connectivity index (χ3n) is 5.20. The number of benzene rings is 2. The van der Waals surface area contributed by atoms with Crippen LogP contribution in [-0.2, 0) is 22.4 Å². The van der Waals surface area contributed by atoms with E-state index in [4.69, 9.17) is 9.47 Å². The molecule has 1 atom stereocenters. The van der Waals surface area contributed by atoms with Crippen LogP contribution in [0.2, 0.25) is 0 Å². The second kappa shape index (κ2) is 9.39. The summed E-state index contributed by atoms with van der Waals surface area (Å²) in [5.74, 6) is -1.20. The van der Waals surface area contributed by atoms with Gasteiger partial charge < -0.3 is 14.8 Å². The molecule has 1 amide bonds. The summed E-state index contributed by atoms with van der Waals surface area (Å²) in [6.45, 7) is 1.37. The van der Waals surface area contributed by atoms with Gasteiger partial charge in [-0.25, -0.2) is 4.79 Å². The Hall–Kier alpha value is -3.42. The first kappa shape index (κ1) is 21.3. The zero-order valence-electron chi connectivity index (χ0n) is 17.0. The van der Waals surface area contributed by atoms with Gasteiger partial charge >= 0.3 is 5.97 Å². The molecule has 1 N–H and O–H groups in total. The lowest BCUT2D eigenvalue weighted by Gasteiger charge is -2.20. The van der Waals surface area contributed by atoms with E-state index < -0.39 is 23.4 Å². The Bertz CT molecular complexity index is 972. The minimum atomic E-state index is -0.868. The molecule has 8 heteroatoms. The van der Waals surface area contributed by atoms with Crippen molar-refractivity contribution in [3.63, 3.8) is 0 Å². The number of carbonyl (C=O) groups is 2. The normalized spacial score (nSPS) is 13.7. The first-order valence-electron chi connectivity index (χ1n) is 9.79. The average Bonchev–Trinajstić information content (AvgIpc) is 2.76. The van der Waals surface area contributed by atoms with Gasteiger partial charge in [-0.2, -0.15) is 0 Å². The van der Waals surface area contributed by atoms with Gasteiger partial charge in [0.2, 0.25) is 0 Å². The fourth-order valence-corrected chi connectivity index (χ4v) is 3.57. The molecular formula is C22H24N2O6. The lowest BCUT2D eigenvalue weighted by molar-refractivity contribution is -0.384. The number of amides is 1. The van der Waals surface area contributed by atoms with Crippen LogP contribution in [0.4, 0.5) is 5.69 Å². The Morgan fingerprint density at radius 1 is 1.13 bits per heavy atom. The summed E-state index contributed by atoms with van der Waals surface area (Å²) >= 11 is 0. The smallest absolute Gasteiger partial charge is 0.342 e. The number of nitrogens with one attached hydrogen (secondary N) is 1. The molecule has 3 rings (SSSR count). The van der Waals surface area contributed by atoms with Gasteiger partial charge in [-0.05, 0) is 55.4 Å². The molecule has 2 aromatic rings. The highest BCUT2D eigenvalue weighted by Crippen LogP contribution is 2.26. The average molecular weight is 412 g/mol. The second-order valence-corrected chi connectivity index (χ2v) is 7.24. The lowest BCUT2D eigenvalue weighted by atomic mass is 9.89. The molecule has 0 unspecified atom stereocenters. The molecule has 30 heavy (non-hydrogen) atoms. The van der Waals surface area contributed by atoms with Gasteiger partial charge in [0.25, 0.3) is 11.6 Å². The van der Waals surface area contributed by atoms with Crippen molar-refractivity contribution in [1.29, 1.82) is 0 Å². The number of non-ortho nitro benzene ring substituents is 1. The summed E-state index contributed by atoms with van der Waals surface area (Å²) in [6.07, 6.45) is 4.52. The standard InChI is InChI=1S/C22H24N2O6/c1-14(16-8-7-15-5-3-4-6-17(15)11-16)23-21(25)13-30-22(26)19-12-18(24(27)28)9-10-20(19)29-2/h7-12,14H,3-6,13H2,1-2H3,(H,23,25)/t14-/m0/s1. The second-order valence-electron chi connectivity index (χ2n) is 7.24. The molecule has 0 spiro atoms. The van der Waals surface area contributed by atoms with Crippen molar-refractivity contribution in [2.75, 3.05) is 13.7 Å². The minimum Gasteiger partial charge on any atom is -0.496 e. The number of nitrogens with zero attached hydrogens (tertiary/aromatic N) is 1. The van der Waals surface area contributed by atoms with Crippen LogP contribution in [-0.4, -0.2) is 30.5 Å². The molecule has 0 aromatic heterocycles. The van der Waals surface area contributed by atoms with E-state index in [9.17, 15) is 19.7 Å². The van der Waals surface area contributed by atoms with E-state index in [0.29, 0.717) is 0 Å². The van der Waals surface area contributed by atoms with E-state index in [1.165, 1.54) is 43.2 Å². The molecule has 0 saturated heterocycles. The SMILES string of the molecule is COc1ccc([N+](=O)[O-])cc1C(=O)OCC(=O)N[C@@H](C)c1ccc2c(c1)CCCC2. The van der Waals surface area contributed by atoms with Crippen LogP contribution in [0.25, 0.3) is 0 Å². The Morgan fingerprint density at radius 2 is 1.87 bits per heavy atom. The molecule has 0 fully saturated rings. The number of carbonyl (C=O) groups excluding carboxylic acids is 2. The molecule has 0 saturated carbocycles. The highest BCUT2D eigenvalue weighted by molar-refractivity contribution is 5.94. The van der Waals surface area contributed by atoms with E-state index in [-0.39, 0.29) is 23.0 Å². The zero-order valence-corrected chi connectivity index (χ0v) is 17.0. The Morgan fingerprint density at radius 3 is 2.57 bits per heavy atom. The van der Waals surface area contributed by atoms with Crippen molar-refractivity contribution >= 4 is 17.6 Å². The predicted octanol–water partition coefficient (Wildman–Crippen LogP) is 3.52. The predicted molar refractivity (Wildman–Crippen MR) is 110 cm³/mol. The number of methoxy groups -OCH3 is 1. The van der Waals surface area contributed by atoms with Gasteiger partial charge in [0.05, 0.1) is 18.1 Å². The lowest BCUT2D eigenvalue weighted by Crippen LogP contribution is -2.31. The fourth-order valence-electron chi connectivity index (χ4n) is 3.57. The van der Waals surface area contributed by atoms with Crippen molar-refractivity contribution in [3.8, 4) is 5.75 Å². The van der Waals surface area contributed by atoms with Crippen molar-refractivity contribution in [2.24, 2.45) is 0 Å². The van der Waals surface area contributed by atoms with Crippen molar-refractivity contribution in [2.45, 2.75) is 38.6 Å². The first-order valence-corrected chi connectivity index (χ1v) is 9.79. The topological polar surface area (TPSA) is 108 Å². The number of hydrogen-bond acceptors (Lipinski definition) is 6. The summed E-state index contributed by atoms with van der Waals surface area (Å²) < 4.78 is 10.1. The summed E-state index contributed by atoms with van der Waals surface area (Å²) in [6, 6.07) is 9.61. The molecule has 0 radical (unpaired) electrons. The Labute approximate surface area is 174 Å². The number of nitro benzene ring substituents is 1. The molecule has 0 heterocycles. The van der Waals surface area contributed by atoms with Gasteiger partial charge in [0.1, 0.15) is 11.3 Å². The van der Waals surface area contributed by atoms with Crippen LogP contribution >= 0.6 is 0 Å². The van der Waals surface area contributed by atoms with Crippen LogP contribution in [0.1, 0.15) is 52.9 Å². The largest absolute Gasteiger partial charge is 0.496 e. The van der Waals surface area contributed by atoms with Crippen LogP contribution in [0, 0.1) is 10.1 Å². The Balaban J connectivity index is 1.60. The molecule has 0 aliphatic heterocycles. The van der Waals surface area contributed by atoms with E-state index in [2.05, 4.69) is 17.4 Å². The number of esters is 1. The number of ether oxygens (including phenoxy) is 2. The molecule has 158 valence electrons.